The smallest absolute Gasteiger partial charge is 0.303 e. The van der Waals surface area contributed by atoms with E-state index in [9.17, 15) is 4.79 Å². The van der Waals surface area contributed by atoms with E-state index >= 15 is 0 Å². The summed E-state index contributed by atoms with van der Waals surface area (Å²) in [4.78, 5) is 10.6. The van der Waals surface area contributed by atoms with Crippen molar-refractivity contribution >= 4 is 11.7 Å². The summed E-state index contributed by atoms with van der Waals surface area (Å²) in [5.41, 5.74) is 2.22. The molecule has 2 rings (SSSR count). The summed E-state index contributed by atoms with van der Waals surface area (Å²) in [5.74, 6) is 0.0703. The molecule has 1 fully saturated rings. The van der Waals surface area contributed by atoms with Crippen LogP contribution in [0.25, 0.3) is 0 Å². The minimum atomic E-state index is -0.737. The Bertz CT molecular complexity index is 431. The maximum absolute atomic E-state index is 10.6. The molecular weight excluding hydrogens is 238 g/mol. The topological polar surface area (TPSA) is 49.3 Å². The standard InChI is InChI=1S/C16H23NO2/c1-12-4-2-6-14(10-12)17-15-7-3-5-13(11-15)8-9-16(18)19/h3,5,7,11-12,14,17H,2,4,6,8-10H2,1H3,(H,18,19). The van der Waals surface area contributed by atoms with Gasteiger partial charge >= 0.3 is 5.97 Å². The molecule has 19 heavy (non-hydrogen) atoms. The third-order valence-electron chi connectivity index (χ3n) is 3.86. The highest BCUT2D eigenvalue weighted by molar-refractivity contribution is 5.67. The van der Waals surface area contributed by atoms with Crippen LogP contribution >= 0.6 is 0 Å². The minimum absolute atomic E-state index is 0.198. The maximum atomic E-state index is 10.6. The highest BCUT2D eigenvalue weighted by Gasteiger charge is 2.18. The van der Waals surface area contributed by atoms with Gasteiger partial charge in [0, 0.05) is 18.2 Å². The van der Waals surface area contributed by atoms with E-state index in [0.717, 1.165) is 17.2 Å². The van der Waals surface area contributed by atoms with Crippen LogP contribution in [0.1, 0.15) is 44.6 Å². The quantitative estimate of drug-likeness (QED) is 0.849. The van der Waals surface area contributed by atoms with Crippen molar-refractivity contribution in [1.29, 1.82) is 0 Å². The van der Waals surface area contributed by atoms with Crippen LogP contribution in [0, 0.1) is 5.92 Å². The Kier molecular flexibility index (Phi) is 4.83. The number of hydrogen-bond donors (Lipinski definition) is 2. The third-order valence-corrected chi connectivity index (χ3v) is 3.86. The molecule has 0 aliphatic heterocycles. The molecule has 0 amide bonds. The molecule has 1 saturated carbocycles. The van der Waals surface area contributed by atoms with Gasteiger partial charge in [0.2, 0.25) is 0 Å². The first-order valence-corrected chi connectivity index (χ1v) is 7.21. The average Bonchev–Trinajstić information content (AvgIpc) is 2.37. The SMILES string of the molecule is CC1CCCC(Nc2cccc(CCC(=O)O)c2)C1. The minimum Gasteiger partial charge on any atom is -0.481 e. The summed E-state index contributed by atoms with van der Waals surface area (Å²) in [5, 5.41) is 12.3. The molecular formula is C16H23NO2. The van der Waals surface area contributed by atoms with Crippen LogP contribution in [0.4, 0.5) is 5.69 Å². The number of nitrogens with one attached hydrogen (secondary N) is 1. The second-order valence-electron chi connectivity index (χ2n) is 5.71. The first kappa shape index (κ1) is 13.9. The van der Waals surface area contributed by atoms with Crippen molar-refractivity contribution in [3.63, 3.8) is 0 Å². The number of aryl methyl sites for hydroxylation is 1. The van der Waals surface area contributed by atoms with Crippen LogP contribution < -0.4 is 5.32 Å². The molecule has 1 aliphatic carbocycles. The molecule has 0 bridgehead atoms. The lowest BCUT2D eigenvalue weighted by atomic mass is 9.87. The van der Waals surface area contributed by atoms with Gasteiger partial charge in [0.1, 0.15) is 0 Å². The van der Waals surface area contributed by atoms with Crippen molar-refractivity contribution in [3.05, 3.63) is 29.8 Å². The van der Waals surface area contributed by atoms with E-state index in [0.29, 0.717) is 12.5 Å². The molecule has 2 atom stereocenters. The lowest BCUT2D eigenvalue weighted by molar-refractivity contribution is -0.136. The largest absolute Gasteiger partial charge is 0.481 e. The molecule has 3 nitrogen and oxygen atoms in total. The molecule has 0 heterocycles. The summed E-state index contributed by atoms with van der Waals surface area (Å²) in [6.07, 6.45) is 5.92. The van der Waals surface area contributed by atoms with Gasteiger partial charge in [0.25, 0.3) is 0 Å². The first-order chi connectivity index (χ1) is 9.13. The van der Waals surface area contributed by atoms with Crippen molar-refractivity contribution in [2.24, 2.45) is 5.92 Å². The van der Waals surface area contributed by atoms with Gasteiger partial charge in [-0.2, -0.15) is 0 Å². The van der Waals surface area contributed by atoms with Gasteiger partial charge < -0.3 is 10.4 Å². The maximum Gasteiger partial charge on any atom is 0.303 e. The fourth-order valence-corrected chi connectivity index (χ4v) is 2.87. The average molecular weight is 261 g/mol. The molecule has 3 heteroatoms. The van der Waals surface area contributed by atoms with E-state index < -0.39 is 5.97 Å². The Balaban J connectivity index is 1.92. The van der Waals surface area contributed by atoms with Crippen molar-refractivity contribution < 1.29 is 9.90 Å². The van der Waals surface area contributed by atoms with Gasteiger partial charge in [-0.15, -0.1) is 0 Å². The van der Waals surface area contributed by atoms with Crippen LogP contribution in [0.15, 0.2) is 24.3 Å². The summed E-state index contributed by atoms with van der Waals surface area (Å²) in [6.45, 7) is 2.32. The lowest BCUT2D eigenvalue weighted by Crippen LogP contribution is -2.26. The molecule has 1 aromatic carbocycles. The Morgan fingerprint density at radius 1 is 1.42 bits per heavy atom. The molecule has 104 valence electrons. The Morgan fingerprint density at radius 2 is 2.26 bits per heavy atom. The molecule has 1 aliphatic rings. The van der Waals surface area contributed by atoms with Gasteiger partial charge in [0.15, 0.2) is 0 Å². The monoisotopic (exact) mass is 261 g/mol. The molecule has 0 saturated heterocycles. The number of rotatable bonds is 5. The van der Waals surface area contributed by atoms with Gasteiger partial charge in [-0.3, -0.25) is 4.79 Å². The first-order valence-electron chi connectivity index (χ1n) is 7.21. The van der Waals surface area contributed by atoms with E-state index in [2.05, 4.69) is 24.4 Å². The number of carbonyl (C=O) groups is 1. The zero-order valence-electron chi connectivity index (χ0n) is 11.6. The molecule has 0 radical (unpaired) electrons. The predicted octanol–water partition coefficient (Wildman–Crippen LogP) is 3.69. The van der Waals surface area contributed by atoms with Crippen molar-refractivity contribution in [1.82, 2.24) is 0 Å². The van der Waals surface area contributed by atoms with Crippen LogP contribution in [-0.2, 0) is 11.2 Å². The van der Waals surface area contributed by atoms with Gasteiger partial charge in [-0.1, -0.05) is 31.9 Å². The van der Waals surface area contributed by atoms with Crippen LogP contribution in [-0.4, -0.2) is 17.1 Å². The van der Waals surface area contributed by atoms with Crippen LogP contribution in [0.2, 0.25) is 0 Å². The fraction of sp³-hybridized carbons (Fsp3) is 0.562. The van der Waals surface area contributed by atoms with Crippen molar-refractivity contribution in [2.75, 3.05) is 5.32 Å². The van der Waals surface area contributed by atoms with Gasteiger partial charge in [-0.25, -0.2) is 0 Å². The predicted molar refractivity (Wildman–Crippen MR) is 77.4 cm³/mol. The number of anilines is 1. The Labute approximate surface area is 115 Å². The highest BCUT2D eigenvalue weighted by atomic mass is 16.4. The lowest BCUT2D eigenvalue weighted by Gasteiger charge is -2.28. The molecule has 2 unspecified atom stereocenters. The van der Waals surface area contributed by atoms with E-state index in [1.165, 1.54) is 25.7 Å². The van der Waals surface area contributed by atoms with Crippen molar-refractivity contribution in [3.8, 4) is 0 Å². The summed E-state index contributed by atoms with van der Waals surface area (Å²) < 4.78 is 0. The molecule has 0 aromatic heterocycles. The Hall–Kier alpha value is -1.51. The Morgan fingerprint density at radius 3 is 3.00 bits per heavy atom. The highest BCUT2D eigenvalue weighted by Crippen LogP contribution is 2.26. The van der Waals surface area contributed by atoms with Gasteiger partial charge in [-0.05, 0) is 42.9 Å². The number of aliphatic carboxylic acids is 1. The zero-order valence-corrected chi connectivity index (χ0v) is 11.6. The summed E-state index contributed by atoms with van der Waals surface area (Å²) in [7, 11) is 0. The van der Waals surface area contributed by atoms with Crippen molar-refractivity contribution in [2.45, 2.75) is 51.5 Å². The van der Waals surface area contributed by atoms with Crippen LogP contribution in [0.5, 0.6) is 0 Å². The third kappa shape index (κ3) is 4.58. The fourth-order valence-electron chi connectivity index (χ4n) is 2.87. The normalized spacial score (nSPS) is 23.0. The summed E-state index contributed by atoms with van der Waals surface area (Å²) in [6, 6.07) is 8.73. The number of benzene rings is 1. The van der Waals surface area contributed by atoms with E-state index in [1.807, 2.05) is 12.1 Å². The zero-order chi connectivity index (χ0) is 13.7. The van der Waals surface area contributed by atoms with Crippen LogP contribution in [0.3, 0.4) is 0 Å². The second-order valence-corrected chi connectivity index (χ2v) is 5.71. The number of hydrogen-bond acceptors (Lipinski definition) is 2. The summed E-state index contributed by atoms with van der Waals surface area (Å²) >= 11 is 0. The van der Waals surface area contributed by atoms with Gasteiger partial charge in [0.05, 0.1) is 0 Å². The number of carboxylic acids is 1. The van der Waals surface area contributed by atoms with E-state index in [1.54, 1.807) is 0 Å². The molecule has 2 N–H and O–H groups in total. The van der Waals surface area contributed by atoms with E-state index in [-0.39, 0.29) is 6.42 Å². The number of carboxylic acid groups (broad SMARTS) is 1. The molecule has 1 aromatic rings. The second kappa shape index (κ2) is 6.60. The molecule has 0 spiro atoms. The van der Waals surface area contributed by atoms with E-state index in [4.69, 9.17) is 5.11 Å².